The van der Waals surface area contributed by atoms with Crippen molar-refractivity contribution in [1.82, 2.24) is 4.90 Å². The molecule has 4 nitrogen and oxygen atoms in total. The van der Waals surface area contributed by atoms with E-state index in [0.717, 1.165) is 12.2 Å². The Kier molecular flexibility index (Phi) is 5.77. The topological polar surface area (TPSA) is 53.6 Å². The van der Waals surface area contributed by atoms with Gasteiger partial charge in [-0.3, -0.25) is 0 Å². The Balaban J connectivity index is 2.07. The van der Waals surface area contributed by atoms with E-state index < -0.39 is 0 Å². The van der Waals surface area contributed by atoms with Crippen LogP contribution in [0.15, 0.2) is 47.5 Å². The van der Waals surface area contributed by atoms with Crippen LogP contribution in [0.1, 0.15) is 22.3 Å². The average molecular weight is 310 g/mol. The van der Waals surface area contributed by atoms with Crippen LogP contribution in [0.25, 0.3) is 0 Å². The van der Waals surface area contributed by atoms with E-state index in [0.29, 0.717) is 12.5 Å². The summed E-state index contributed by atoms with van der Waals surface area (Å²) in [6.45, 7) is 5.62. The number of benzene rings is 2. The second kappa shape index (κ2) is 7.79. The van der Waals surface area contributed by atoms with Crippen molar-refractivity contribution in [2.24, 2.45) is 10.7 Å². The largest absolute Gasteiger partial charge is 0.370 e. The van der Waals surface area contributed by atoms with Gasteiger partial charge in [0.05, 0.1) is 6.54 Å². The maximum Gasteiger partial charge on any atom is 0.193 e. The first-order valence-corrected chi connectivity index (χ1v) is 7.81. The lowest BCUT2D eigenvalue weighted by atomic mass is 10.1. The number of nitrogens with two attached hydrogens (primary N) is 1. The van der Waals surface area contributed by atoms with Gasteiger partial charge in [0.2, 0.25) is 0 Å². The number of nitrogens with one attached hydrogen (secondary N) is 1. The van der Waals surface area contributed by atoms with Crippen molar-refractivity contribution in [3.8, 4) is 0 Å². The van der Waals surface area contributed by atoms with E-state index in [9.17, 15) is 0 Å². The summed E-state index contributed by atoms with van der Waals surface area (Å²) >= 11 is 0. The highest BCUT2D eigenvalue weighted by Crippen LogP contribution is 2.14. The van der Waals surface area contributed by atoms with E-state index in [1.807, 2.05) is 6.07 Å². The molecule has 23 heavy (non-hydrogen) atoms. The zero-order chi connectivity index (χ0) is 16.8. The number of nitrogens with zero attached hydrogens (tertiary/aromatic N) is 2. The van der Waals surface area contributed by atoms with E-state index in [1.54, 1.807) is 0 Å². The fraction of sp³-hybridized carbons (Fsp3) is 0.316. The molecule has 0 unspecified atom stereocenters. The first-order valence-electron chi connectivity index (χ1n) is 7.81. The Morgan fingerprint density at radius 2 is 1.65 bits per heavy atom. The van der Waals surface area contributed by atoms with Crippen LogP contribution in [0.5, 0.6) is 0 Å². The number of aryl methyl sites for hydroxylation is 2. The van der Waals surface area contributed by atoms with Gasteiger partial charge in [0, 0.05) is 12.2 Å². The zero-order valence-corrected chi connectivity index (χ0v) is 14.4. The molecule has 0 aliphatic rings. The molecule has 0 aliphatic heterocycles. The first kappa shape index (κ1) is 17.0. The third-order valence-electron chi connectivity index (χ3n) is 3.52. The number of anilines is 1. The molecule has 2 rings (SSSR count). The smallest absolute Gasteiger partial charge is 0.193 e. The molecule has 0 radical (unpaired) electrons. The molecule has 0 fully saturated rings. The Bertz CT molecular complexity index is 669. The molecule has 0 amide bonds. The molecule has 0 saturated carbocycles. The summed E-state index contributed by atoms with van der Waals surface area (Å²) < 4.78 is 0. The SMILES string of the molecule is Cc1cc(C)cc(NC(N)=NCc2ccccc2CN(C)C)c1. The number of hydrogen-bond donors (Lipinski definition) is 2. The van der Waals surface area contributed by atoms with E-state index in [2.05, 4.69) is 79.6 Å². The summed E-state index contributed by atoms with van der Waals surface area (Å²) in [6.07, 6.45) is 0. The second-order valence-electron chi connectivity index (χ2n) is 6.21. The van der Waals surface area contributed by atoms with Gasteiger partial charge >= 0.3 is 0 Å². The van der Waals surface area contributed by atoms with Crippen molar-refractivity contribution in [2.45, 2.75) is 26.9 Å². The van der Waals surface area contributed by atoms with Gasteiger partial charge in [-0.1, -0.05) is 30.3 Å². The fourth-order valence-corrected chi connectivity index (χ4v) is 2.61. The normalized spacial score (nSPS) is 11.8. The Hall–Kier alpha value is -2.33. The van der Waals surface area contributed by atoms with E-state index in [1.165, 1.54) is 22.3 Å². The Labute approximate surface area is 139 Å². The van der Waals surface area contributed by atoms with E-state index in [4.69, 9.17) is 5.73 Å². The summed E-state index contributed by atoms with van der Waals surface area (Å²) in [5.41, 5.74) is 11.9. The Morgan fingerprint density at radius 1 is 1.04 bits per heavy atom. The van der Waals surface area contributed by atoms with Crippen LogP contribution < -0.4 is 11.1 Å². The minimum absolute atomic E-state index is 0.439. The molecule has 0 heterocycles. The minimum atomic E-state index is 0.439. The predicted molar refractivity (Wildman–Crippen MR) is 98.7 cm³/mol. The van der Waals surface area contributed by atoms with Gasteiger partial charge in [-0.25, -0.2) is 4.99 Å². The van der Waals surface area contributed by atoms with Crippen molar-refractivity contribution in [1.29, 1.82) is 0 Å². The minimum Gasteiger partial charge on any atom is -0.370 e. The molecule has 0 aliphatic carbocycles. The third-order valence-corrected chi connectivity index (χ3v) is 3.52. The molecule has 0 saturated heterocycles. The molecule has 3 N–H and O–H groups in total. The molecule has 0 bridgehead atoms. The Morgan fingerprint density at radius 3 is 2.26 bits per heavy atom. The van der Waals surface area contributed by atoms with E-state index >= 15 is 0 Å². The van der Waals surface area contributed by atoms with Gasteiger partial charge in [0.15, 0.2) is 5.96 Å². The monoisotopic (exact) mass is 310 g/mol. The summed E-state index contributed by atoms with van der Waals surface area (Å²) in [4.78, 5) is 6.63. The highest BCUT2D eigenvalue weighted by molar-refractivity contribution is 5.92. The molecule has 4 heteroatoms. The van der Waals surface area contributed by atoms with Gasteiger partial charge in [0.25, 0.3) is 0 Å². The average Bonchev–Trinajstić information content (AvgIpc) is 2.44. The van der Waals surface area contributed by atoms with Crippen LogP contribution in [-0.2, 0) is 13.1 Å². The summed E-state index contributed by atoms with van der Waals surface area (Å²) in [5, 5.41) is 3.17. The number of rotatable bonds is 5. The maximum absolute atomic E-state index is 6.03. The molecule has 122 valence electrons. The highest BCUT2D eigenvalue weighted by Gasteiger charge is 2.03. The van der Waals surface area contributed by atoms with Crippen LogP contribution in [0.2, 0.25) is 0 Å². The number of aliphatic imine (C=N–C) groups is 1. The lowest BCUT2D eigenvalue weighted by Gasteiger charge is -2.13. The van der Waals surface area contributed by atoms with Gasteiger partial charge in [-0.15, -0.1) is 0 Å². The molecule has 2 aromatic rings. The van der Waals surface area contributed by atoms with Crippen molar-refractivity contribution in [3.63, 3.8) is 0 Å². The lowest BCUT2D eigenvalue weighted by molar-refractivity contribution is 0.401. The van der Waals surface area contributed by atoms with Crippen LogP contribution in [0.4, 0.5) is 5.69 Å². The maximum atomic E-state index is 6.03. The summed E-state index contributed by atoms with van der Waals surface area (Å²) in [6, 6.07) is 14.6. The summed E-state index contributed by atoms with van der Waals surface area (Å²) in [5.74, 6) is 0.439. The molecule has 0 spiro atoms. The van der Waals surface area contributed by atoms with Crippen LogP contribution in [0.3, 0.4) is 0 Å². The molecule has 0 atom stereocenters. The van der Waals surface area contributed by atoms with Gasteiger partial charge in [-0.05, 0) is 62.3 Å². The standard InChI is InChI=1S/C19H26N4/c1-14-9-15(2)11-18(10-14)22-19(20)21-12-16-7-5-6-8-17(16)13-23(3)4/h5-11H,12-13H2,1-4H3,(H3,20,21,22). The first-order chi connectivity index (χ1) is 10.9. The van der Waals surface area contributed by atoms with Crippen LogP contribution in [0, 0.1) is 13.8 Å². The van der Waals surface area contributed by atoms with Crippen LogP contribution >= 0.6 is 0 Å². The third kappa shape index (κ3) is 5.42. The van der Waals surface area contributed by atoms with Gasteiger partial charge in [0.1, 0.15) is 0 Å². The van der Waals surface area contributed by atoms with Crippen molar-refractivity contribution < 1.29 is 0 Å². The van der Waals surface area contributed by atoms with Crippen molar-refractivity contribution in [2.75, 3.05) is 19.4 Å². The summed E-state index contributed by atoms with van der Waals surface area (Å²) in [7, 11) is 4.13. The number of hydrogen-bond acceptors (Lipinski definition) is 2. The predicted octanol–water partition coefficient (Wildman–Crippen LogP) is 3.29. The van der Waals surface area contributed by atoms with Gasteiger partial charge in [-0.2, -0.15) is 0 Å². The highest BCUT2D eigenvalue weighted by atomic mass is 15.1. The lowest BCUT2D eigenvalue weighted by Crippen LogP contribution is -2.23. The quantitative estimate of drug-likeness (QED) is 0.658. The zero-order valence-electron chi connectivity index (χ0n) is 14.4. The van der Waals surface area contributed by atoms with Gasteiger partial charge < -0.3 is 16.0 Å². The molecular weight excluding hydrogens is 284 g/mol. The van der Waals surface area contributed by atoms with E-state index in [-0.39, 0.29) is 0 Å². The fourth-order valence-electron chi connectivity index (χ4n) is 2.61. The van der Waals surface area contributed by atoms with Crippen molar-refractivity contribution in [3.05, 3.63) is 64.7 Å². The molecule has 2 aromatic carbocycles. The molecule has 0 aromatic heterocycles. The van der Waals surface area contributed by atoms with Crippen molar-refractivity contribution >= 4 is 11.6 Å². The molecular formula is C19H26N4. The number of guanidine groups is 1. The second-order valence-corrected chi connectivity index (χ2v) is 6.21. The van der Waals surface area contributed by atoms with Crippen LogP contribution in [-0.4, -0.2) is 25.0 Å².